The average Bonchev–Trinajstić information content (AvgIpc) is 3.13. The van der Waals surface area contributed by atoms with Crippen molar-refractivity contribution in [3.05, 3.63) is 76.4 Å². The van der Waals surface area contributed by atoms with Gasteiger partial charge in [0, 0.05) is 26.1 Å². The van der Waals surface area contributed by atoms with Crippen LogP contribution in [0.15, 0.2) is 59.0 Å². The van der Waals surface area contributed by atoms with E-state index >= 15 is 0 Å². The summed E-state index contributed by atoms with van der Waals surface area (Å²) in [6.45, 7) is 4.84. The Kier molecular flexibility index (Phi) is 8.90. The van der Waals surface area contributed by atoms with Crippen LogP contribution in [0.5, 0.6) is 0 Å². The first-order valence-corrected chi connectivity index (χ1v) is 14.9. The molecule has 2 aromatic carbocycles. The fraction of sp³-hybridized carbons (Fsp3) is 0.433. The number of esters is 1. The van der Waals surface area contributed by atoms with Crippen molar-refractivity contribution >= 4 is 21.8 Å². The highest BCUT2D eigenvalue weighted by Gasteiger charge is 2.58. The summed E-state index contributed by atoms with van der Waals surface area (Å²) in [4.78, 5) is 30.1. The number of hydrogen-bond donors (Lipinski definition) is 1. The van der Waals surface area contributed by atoms with Crippen LogP contribution < -0.4 is 5.73 Å². The zero-order valence-electron chi connectivity index (χ0n) is 23.2. The lowest BCUT2D eigenvalue weighted by Gasteiger charge is -2.43. The molecule has 2 aliphatic rings. The quantitative estimate of drug-likeness (QED) is 0.294. The number of Topliss-reactive ketones (excluding diaryl/α,β-unsaturated/α-hetero) is 1. The molecule has 2 aromatic rings. The predicted molar refractivity (Wildman–Crippen MR) is 151 cm³/mol. The summed E-state index contributed by atoms with van der Waals surface area (Å²) in [5.41, 5.74) is 8.02. The number of hydrogen-bond acceptors (Lipinski definition) is 8. The number of rotatable bonds is 8. The molecule has 1 unspecified atom stereocenters. The van der Waals surface area contributed by atoms with Gasteiger partial charge in [0.05, 0.1) is 29.2 Å². The van der Waals surface area contributed by atoms with Gasteiger partial charge in [0.25, 0.3) is 0 Å². The molecule has 2 atom stereocenters. The minimum atomic E-state index is -4.32. The molecule has 2 heterocycles. The summed E-state index contributed by atoms with van der Waals surface area (Å²) in [7, 11) is -2.29. The molecular weight excluding hydrogens is 528 g/mol. The zero-order chi connectivity index (χ0) is 29.1. The molecule has 0 saturated heterocycles. The number of nitrogens with zero attached hydrogens (tertiary/aromatic N) is 3. The minimum Gasteiger partial charge on any atom is -0.464 e. The summed E-state index contributed by atoms with van der Waals surface area (Å²) in [5, 5.41) is 9.25. The van der Waals surface area contributed by atoms with Crippen molar-refractivity contribution in [2.75, 3.05) is 33.3 Å². The standard InChI is InChI=1S/C30H36N4O5S/c1-4-39-29(36)30(28(35)27(32)17-22-6-5-7-23(16-22)20-31)19-21(2)10-15-34(30)40(37,38)26-9-8-24-11-13-33(3)14-12-25(24)18-26/h5-10,16,18,27H,4,11-15,17,19,32H2,1-3H3/t27?,30-/m1/s1. The van der Waals surface area contributed by atoms with Crippen LogP contribution in [0.3, 0.4) is 0 Å². The molecule has 0 amide bonds. The second kappa shape index (κ2) is 12.0. The number of carbonyl (C=O) groups excluding carboxylic acids is 2. The van der Waals surface area contributed by atoms with Crippen LogP contribution in [0.2, 0.25) is 0 Å². The Balaban J connectivity index is 1.78. The molecule has 0 radical (unpaired) electrons. The third-order valence-corrected chi connectivity index (χ3v) is 9.62. The number of fused-ring (bicyclic) bond motifs is 1. The molecule has 212 valence electrons. The van der Waals surface area contributed by atoms with Gasteiger partial charge in [-0.2, -0.15) is 9.57 Å². The van der Waals surface area contributed by atoms with E-state index in [-0.39, 0.29) is 30.9 Å². The normalized spacial score (nSPS) is 20.9. The molecule has 4 rings (SSSR count). The molecule has 10 heteroatoms. The van der Waals surface area contributed by atoms with Gasteiger partial charge in [-0.1, -0.05) is 29.8 Å². The maximum atomic E-state index is 14.3. The maximum absolute atomic E-state index is 14.3. The van der Waals surface area contributed by atoms with Crippen LogP contribution in [-0.4, -0.2) is 74.2 Å². The lowest BCUT2D eigenvalue weighted by molar-refractivity contribution is -0.160. The summed E-state index contributed by atoms with van der Waals surface area (Å²) in [5.74, 6) is -1.67. The number of likely N-dealkylation sites (N-methyl/N-ethyl adjacent to an activating group) is 1. The van der Waals surface area contributed by atoms with Crippen molar-refractivity contribution in [1.82, 2.24) is 9.21 Å². The molecule has 9 nitrogen and oxygen atoms in total. The van der Waals surface area contributed by atoms with Crippen molar-refractivity contribution < 1.29 is 22.7 Å². The van der Waals surface area contributed by atoms with Crippen LogP contribution in [0.1, 0.15) is 42.5 Å². The van der Waals surface area contributed by atoms with Gasteiger partial charge in [0.15, 0.2) is 11.3 Å². The van der Waals surface area contributed by atoms with Gasteiger partial charge < -0.3 is 15.4 Å². The van der Waals surface area contributed by atoms with E-state index in [0.29, 0.717) is 23.1 Å². The monoisotopic (exact) mass is 564 g/mol. The van der Waals surface area contributed by atoms with Crippen molar-refractivity contribution in [3.63, 3.8) is 0 Å². The molecule has 40 heavy (non-hydrogen) atoms. The van der Waals surface area contributed by atoms with Gasteiger partial charge in [-0.3, -0.25) is 4.79 Å². The van der Waals surface area contributed by atoms with Crippen LogP contribution in [0.25, 0.3) is 0 Å². The summed E-state index contributed by atoms with van der Waals surface area (Å²) >= 11 is 0. The Labute approximate surface area is 236 Å². The molecule has 2 aliphatic heterocycles. The highest BCUT2D eigenvalue weighted by Crippen LogP contribution is 2.37. The van der Waals surface area contributed by atoms with Crippen LogP contribution in [0, 0.1) is 11.3 Å². The molecule has 0 saturated carbocycles. The maximum Gasteiger partial charge on any atom is 0.335 e. The zero-order valence-corrected chi connectivity index (χ0v) is 24.0. The van der Waals surface area contributed by atoms with E-state index in [2.05, 4.69) is 11.0 Å². The smallest absolute Gasteiger partial charge is 0.335 e. The number of sulfonamides is 1. The van der Waals surface area contributed by atoms with Crippen molar-refractivity contribution in [2.45, 2.75) is 56.0 Å². The van der Waals surface area contributed by atoms with Crippen LogP contribution in [-0.2, 0) is 43.6 Å². The second-order valence-electron chi connectivity index (χ2n) is 10.6. The van der Waals surface area contributed by atoms with Gasteiger partial charge in [-0.25, -0.2) is 13.2 Å². The third kappa shape index (κ3) is 5.74. The van der Waals surface area contributed by atoms with Crippen LogP contribution >= 0.6 is 0 Å². The Morgan fingerprint density at radius 1 is 1.15 bits per heavy atom. The second-order valence-corrected chi connectivity index (χ2v) is 12.4. The Bertz CT molecular complexity index is 1480. The third-order valence-electron chi connectivity index (χ3n) is 7.73. The summed E-state index contributed by atoms with van der Waals surface area (Å²) < 4.78 is 34.9. The molecule has 0 bridgehead atoms. The number of nitriles is 1. The molecule has 0 spiro atoms. The SMILES string of the molecule is CCOC(=O)[C@]1(C(=O)C(N)Cc2cccc(C#N)c2)CC(C)=CCN1S(=O)(=O)c1ccc2c(c1)CCN(C)CC2. The van der Waals surface area contributed by atoms with E-state index in [4.69, 9.17) is 10.5 Å². The van der Waals surface area contributed by atoms with Crippen molar-refractivity contribution in [2.24, 2.45) is 5.73 Å². The fourth-order valence-corrected chi connectivity index (χ4v) is 7.21. The first-order valence-electron chi connectivity index (χ1n) is 13.5. The van der Waals surface area contributed by atoms with Crippen molar-refractivity contribution in [1.29, 1.82) is 5.26 Å². The van der Waals surface area contributed by atoms with E-state index in [0.717, 1.165) is 34.9 Å². The lowest BCUT2D eigenvalue weighted by atomic mass is 9.80. The molecular formula is C30H36N4O5S. The van der Waals surface area contributed by atoms with Gasteiger partial charge in [0.1, 0.15) is 0 Å². The molecule has 0 aromatic heterocycles. The molecule has 2 N–H and O–H groups in total. The molecule has 0 aliphatic carbocycles. The largest absolute Gasteiger partial charge is 0.464 e. The van der Waals surface area contributed by atoms with Gasteiger partial charge in [0.2, 0.25) is 10.0 Å². The Morgan fingerprint density at radius 2 is 1.88 bits per heavy atom. The predicted octanol–water partition coefficient (Wildman–Crippen LogP) is 2.37. The Hall–Kier alpha value is -3.36. The van der Waals surface area contributed by atoms with E-state index in [1.54, 1.807) is 56.3 Å². The highest BCUT2D eigenvalue weighted by atomic mass is 32.2. The minimum absolute atomic E-state index is 0.0263. The van der Waals surface area contributed by atoms with Gasteiger partial charge in [-0.05, 0) is 81.1 Å². The number of benzene rings is 2. The lowest BCUT2D eigenvalue weighted by Crippen LogP contribution is -2.67. The topological polar surface area (TPSA) is 134 Å². The number of carbonyl (C=O) groups is 2. The number of ether oxygens (including phenoxy) is 1. The van der Waals surface area contributed by atoms with Gasteiger partial charge >= 0.3 is 5.97 Å². The first-order chi connectivity index (χ1) is 19.0. The number of ketones is 1. The fourth-order valence-electron chi connectivity index (χ4n) is 5.52. The Morgan fingerprint density at radius 3 is 2.58 bits per heavy atom. The summed E-state index contributed by atoms with van der Waals surface area (Å²) in [6.07, 6.45) is 3.08. The van der Waals surface area contributed by atoms with E-state index in [9.17, 15) is 23.3 Å². The van der Waals surface area contributed by atoms with Crippen LogP contribution in [0.4, 0.5) is 0 Å². The number of nitrogens with two attached hydrogens (primary N) is 1. The average molecular weight is 565 g/mol. The highest BCUT2D eigenvalue weighted by molar-refractivity contribution is 7.89. The summed E-state index contributed by atoms with van der Waals surface area (Å²) in [6, 6.07) is 12.6. The van der Waals surface area contributed by atoms with Crippen molar-refractivity contribution in [3.8, 4) is 6.07 Å². The van der Waals surface area contributed by atoms with Gasteiger partial charge in [-0.15, -0.1) is 0 Å². The first kappa shape index (κ1) is 29.6. The van der Waals surface area contributed by atoms with E-state index in [1.165, 1.54) is 0 Å². The molecule has 0 fully saturated rings. The van der Waals surface area contributed by atoms with E-state index < -0.39 is 33.4 Å². The van der Waals surface area contributed by atoms with E-state index in [1.807, 2.05) is 13.1 Å².